The van der Waals surface area contributed by atoms with Gasteiger partial charge >= 0.3 is 6.36 Å². The molecule has 8 heteroatoms. The number of ether oxygens (including phenoxy) is 1. The van der Waals surface area contributed by atoms with Crippen molar-refractivity contribution in [1.82, 2.24) is 5.32 Å². The molecule has 0 bridgehead atoms. The van der Waals surface area contributed by atoms with Gasteiger partial charge in [-0.05, 0) is 74.8 Å². The van der Waals surface area contributed by atoms with Crippen molar-refractivity contribution >= 4 is 44.4 Å². The van der Waals surface area contributed by atoms with Crippen molar-refractivity contribution in [3.8, 4) is 5.75 Å². The van der Waals surface area contributed by atoms with Crippen molar-refractivity contribution in [2.24, 2.45) is 0 Å². The van der Waals surface area contributed by atoms with Gasteiger partial charge < -0.3 is 10.1 Å². The van der Waals surface area contributed by atoms with Crippen LogP contribution in [0.25, 0.3) is 0 Å². The summed E-state index contributed by atoms with van der Waals surface area (Å²) >= 11 is 5.48. The fourth-order valence-corrected chi connectivity index (χ4v) is 2.94. The van der Waals surface area contributed by atoms with Crippen LogP contribution in [-0.4, -0.2) is 18.8 Å². The van der Waals surface area contributed by atoms with Crippen LogP contribution in [0.15, 0.2) is 46.9 Å². The molecular formula is C16H12BrF3INO2. The quantitative estimate of drug-likeness (QED) is 0.576. The predicted molar refractivity (Wildman–Crippen MR) is 96.0 cm³/mol. The number of nitrogens with one attached hydrogen (secondary N) is 1. The molecule has 0 heterocycles. The Kier molecular flexibility index (Phi) is 6.50. The first-order valence-electron chi connectivity index (χ1n) is 6.83. The highest BCUT2D eigenvalue weighted by molar-refractivity contribution is 14.1. The molecule has 1 N–H and O–H groups in total. The number of hydrogen-bond donors (Lipinski definition) is 1. The summed E-state index contributed by atoms with van der Waals surface area (Å²) in [4.78, 5) is 12.1. The van der Waals surface area contributed by atoms with Crippen molar-refractivity contribution in [2.75, 3.05) is 6.54 Å². The summed E-state index contributed by atoms with van der Waals surface area (Å²) in [5.74, 6) is -0.519. The van der Waals surface area contributed by atoms with Crippen molar-refractivity contribution in [2.45, 2.75) is 12.8 Å². The first-order valence-corrected chi connectivity index (χ1v) is 8.70. The molecule has 0 fully saturated rings. The highest BCUT2D eigenvalue weighted by Gasteiger charge is 2.31. The number of carbonyl (C=O) groups is 1. The monoisotopic (exact) mass is 513 g/mol. The van der Waals surface area contributed by atoms with E-state index in [-0.39, 0.29) is 11.7 Å². The van der Waals surface area contributed by atoms with Gasteiger partial charge in [0.15, 0.2) is 0 Å². The van der Waals surface area contributed by atoms with Gasteiger partial charge in [0, 0.05) is 14.6 Å². The van der Waals surface area contributed by atoms with Crippen molar-refractivity contribution in [3.05, 3.63) is 61.6 Å². The van der Waals surface area contributed by atoms with Crippen LogP contribution in [0.2, 0.25) is 0 Å². The van der Waals surface area contributed by atoms with Gasteiger partial charge in [0.1, 0.15) is 5.75 Å². The van der Waals surface area contributed by atoms with Gasteiger partial charge in [-0.1, -0.05) is 18.2 Å². The summed E-state index contributed by atoms with van der Waals surface area (Å²) in [5, 5.41) is 2.75. The molecule has 0 saturated heterocycles. The van der Waals surface area contributed by atoms with E-state index in [1.54, 1.807) is 18.2 Å². The molecule has 2 aromatic rings. The number of carbonyl (C=O) groups excluding carboxylic acids is 1. The van der Waals surface area contributed by atoms with E-state index in [9.17, 15) is 18.0 Å². The predicted octanol–water partition coefficient (Wildman–Crippen LogP) is 4.92. The van der Waals surface area contributed by atoms with Crippen LogP contribution in [0.4, 0.5) is 13.2 Å². The number of alkyl halides is 3. The van der Waals surface area contributed by atoms with Crippen molar-refractivity contribution in [1.29, 1.82) is 0 Å². The highest BCUT2D eigenvalue weighted by atomic mass is 127. The lowest BCUT2D eigenvalue weighted by atomic mass is 10.1. The largest absolute Gasteiger partial charge is 0.573 e. The van der Waals surface area contributed by atoms with Crippen molar-refractivity contribution < 1.29 is 22.7 Å². The van der Waals surface area contributed by atoms with E-state index in [2.05, 4.69) is 48.6 Å². The van der Waals surface area contributed by atoms with Gasteiger partial charge in [-0.15, -0.1) is 13.2 Å². The minimum atomic E-state index is -4.72. The van der Waals surface area contributed by atoms with E-state index in [1.807, 2.05) is 6.07 Å². The van der Waals surface area contributed by atoms with E-state index in [0.29, 0.717) is 28.6 Å². The minimum absolute atomic E-state index is 0.247. The van der Waals surface area contributed by atoms with E-state index in [1.165, 1.54) is 18.2 Å². The maximum atomic E-state index is 12.2. The van der Waals surface area contributed by atoms with Gasteiger partial charge in [0.25, 0.3) is 5.91 Å². The third kappa shape index (κ3) is 5.66. The number of amides is 1. The van der Waals surface area contributed by atoms with Crippen LogP contribution < -0.4 is 10.1 Å². The molecule has 0 aliphatic rings. The zero-order valence-electron chi connectivity index (χ0n) is 12.2. The molecule has 3 nitrogen and oxygen atoms in total. The number of rotatable bonds is 5. The molecule has 1 amide bonds. The smallest absolute Gasteiger partial charge is 0.406 e. The highest BCUT2D eigenvalue weighted by Crippen LogP contribution is 2.24. The fourth-order valence-electron chi connectivity index (χ4n) is 1.99. The topological polar surface area (TPSA) is 38.3 Å². The average molecular weight is 514 g/mol. The second-order valence-corrected chi connectivity index (χ2v) is 6.76. The van der Waals surface area contributed by atoms with Gasteiger partial charge in [-0.3, -0.25) is 4.79 Å². The van der Waals surface area contributed by atoms with E-state index >= 15 is 0 Å². The Morgan fingerprint density at radius 2 is 1.92 bits per heavy atom. The van der Waals surface area contributed by atoms with Crippen LogP contribution in [0, 0.1) is 3.57 Å². The second-order valence-electron chi connectivity index (χ2n) is 4.80. The van der Waals surface area contributed by atoms with Gasteiger partial charge in [-0.2, -0.15) is 0 Å². The first kappa shape index (κ1) is 19.0. The lowest BCUT2D eigenvalue weighted by molar-refractivity contribution is -0.274. The molecule has 24 heavy (non-hydrogen) atoms. The van der Waals surface area contributed by atoms with Crippen LogP contribution in [-0.2, 0) is 6.42 Å². The molecule has 0 aliphatic heterocycles. The number of halogens is 5. The molecule has 0 aromatic heterocycles. The summed E-state index contributed by atoms with van der Waals surface area (Å²) in [5.41, 5.74) is 1.15. The number of hydrogen-bond acceptors (Lipinski definition) is 2. The zero-order valence-corrected chi connectivity index (χ0v) is 15.9. The molecular weight excluding hydrogens is 502 g/mol. The van der Waals surface area contributed by atoms with E-state index in [0.717, 1.165) is 3.57 Å². The molecule has 0 atom stereocenters. The van der Waals surface area contributed by atoms with E-state index < -0.39 is 6.36 Å². The van der Waals surface area contributed by atoms with E-state index in [4.69, 9.17) is 0 Å². The van der Waals surface area contributed by atoms with Crippen LogP contribution in [0.5, 0.6) is 5.75 Å². The molecule has 0 aliphatic carbocycles. The van der Waals surface area contributed by atoms with Crippen LogP contribution in [0.1, 0.15) is 15.9 Å². The Hall–Kier alpha value is -1.29. The van der Waals surface area contributed by atoms with Crippen LogP contribution in [0.3, 0.4) is 0 Å². The standard InChI is InChI=1S/C16H12BrF3INO2/c17-14-12(5-2-6-13(14)21)15(23)22-8-7-10-3-1-4-11(9-10)24-16(18,19)20/h1-6,9H,7-8H2,(H,22,23). The fraction of sp³-hybridized carbons (Fsp3) is 0.188. The Morgan fingerprint density at radius 3 is 2.62 bits per heavy atom. The minimum Gasteiger partial charge on any atom is -0.406 e. The maximum absolute atomic E-state index is 12.2. The third-order valence-electron chi connectivity index (χ3n) is 3.03. The van der Waals surface area contributed by atoms with Crippen molar-refractivity contribution in [3.63, 3.8) is 0 Å². The molecule has 2 aromatic carbocycles. The summed E-state index contributed by atoms with van der Waals surface area (Å²) in [7, 11) is 0. The Morgan fingerprint density at radius 1 is 1.21 bits per heavy atom. The summed E-state index contributed by atoms with van der Waals surface area (Å²) in [6.45, 7) is 0.298. The third-order valence-corrected chi connectivity index (χ3v) is 5.52. The first-order chi connectivity index (χ1) is 11.3. The average Bonchev–Trinajstić information content (AvgIpc) is 2.48. The Balaban J connectivity index is 1.93. The zero-order chi connectivity index (χ0) is 17.7. The van der Waals surface area contributed by atoms with Gasteiger partial charge in [0.05, 0.1) is 5.56 Å². The van der Waals surface area contributed by atoms with Gasteiger partial charge in [-0.25, -0.2) is 0 Å². The lowest BCUT2D eigenvalue weighted by Gasteiger charge is -2.11. The summed E-state index contributed by atoms with van der Waals surface area (Å²) in [6.07, 6.45) is -4.33. The number of benzene rings is 2. The van der Waals surface area contributed by atoms with Crippen LogP contribution >= 0.6 is 38.5 Å². The summed E-state index contributed by atoms with van der Waals surface area (Å²) in [6, 6.07) is 11.0. The normalized spacial score (nSPS) is 11.2. The Bertz CT molecular complexity index is 738. The second kappa shape index (κ2) is 8.19. The molecule has 0 unspecified atom stereocenters. The van der Waals surface area contributed by atoms with Gasteiger partial charge in [0.2, 0.25) is 0 Å². The Labute approximate surface area is 158 Å². The maximum Gasteiger partial charge on any atom is 0.573 e. The summed E-state index contributed by atoms with van der Waals surface area (Å²) < 4.78 is 42.1. The molecule has 2 rings (SSSR count). The molecule has 0 radical (unpaired) electrons. The molecule has 0 spiro atoms. The molecule has 0 saturated carbocycles. The molecule has 128 valence electrons. The lowest BCUT2D eigenvalue weighted by Crippen LogP contribution is -2.26. The SMILES string of the molecule is O=C(NCCc1cccc(OC(F)(F)F)c1)c1cccc(I)c1Br.